The van der Waals surface area contributed by atoms with Gasteiger partial charge in [-0.2, -0.15) is 18.2 Å². The van der Waals surface area contributed by atoms with Crippen LogP contribution in [0.2, 0.25) is 0 Å². The predicted molar refractivity (Wildman–Crippen MR) is 87.2 cm³/mol. The molecule has 0 aliphatic carbocycles. The van der Waals surface area contributed by atoms with Crippen LogP contribution < -0.4 is 0 Å². The maximum atomic E-state index is 12.8. The van der Waals surface area contributed by atoms with E-state index in [4.69, 9.17) is 4.52 Å². The van der Waals surface area contributed by atoms with E-state index >= 15 is 0 Å². The maximum Gasteiger partial charge on any atom is 0.416 e. The van der Waals surface area contributed by atoms with E-state index in [0.29, 0.717) is 4.90 Å². The minimum absolute atomic E-state index is 0.0310. The van der Waals surface area contributed by atoms with Crippen LogP contribution in [0, 0.1) is 5.92 Å². The summed E-state index contributed by atoms with van der Waals surface area (Å²) >= 11 is 0. The summed E-state index contributed by atoms with van der Waals surface area (Å²) in [6, 6.07) is 3.52. The second-order valence-corrected chi connectivity index (χ2v) is 6.57. The van der Waals surface area contributed by atoms with E-state index in [1.165, 1.54) is 12.1 Å². The first kappa shape index (κ1) is 19.5. The summed E-state index contributed by atoms with van der Waals surface area (Å²) in [4.78, 5) is 41.7. The van der Waals surface area contributed by atoms with Gasteiger partial charge in [-0.3, -0.25) is 14.5 Å². The van der Waals surface area contributed by atoms with Gasteiger partial charge in [0.1, 0.15) is 6.54 Å². The Morgan fingerprint density at radius 2 is 1.79 bits per heavy atom. The fourth-order valence-electron chi connectivity index (χ4n) is 2.62. The van der Waals surface area contributed by atoms with Crippen LogP contribution in [0.15, 0.2) is 28.8 Å². The number of alkyl halides is 3. The molecule has 0 saturated carbocycles. The van der Waals surface area contributed by atoms with Crippen molar-refractivity contribution in [1.82, 2.24) is 19.9 Å². The largest absolute Gasteiger partial charge is 0.416 e. The van der Waals surface area contributed by atoms with Gasteiger partial charge in [0.25, 0.3) is 0 Å². The first-order valence-corrected chi connectivity index (χ1v) is 8.25. The first-order valence-electron chi connectivity index (χ1n) is 8.25. The van der Waals surface area contributed by atoms with Crippen molar-refractivity contribution in [2.75, 3.05) is 6.54 Å². The zero-order valence-electron chi connectivity index (χ0n) is 14.9. The maximum absolute atomic E-state index is 12.8. The van der Waals surface area contributed by atoms with Crippen molar-refractivity contribution in [3.63, 3.8) is 0 Å². The lowest BCUT2D eigenvalue weighted by molar-refractivity contribution is -0.143. The van der Waals surface area contributed by atoms with Crippen molar-refractivity contribution in [3.05, 3.63) is 35.7 Å². The molecule has 11 heteroatoms. The van der Waals surface area contributed by atoms with Gasteiger partial charge in [-0.1, -0.05) is 31.1 Å². The molecule has 28 heavy (non-hydrogen) atoms. The SMILES string of the molecule is CC(C)CN1C(=O)C(=O)N(Cc2nc(-c3cccc(C(F)(F)F)c3)no2)C1=O. The second-order valence-electron chi connectivity index (χ2n) is 6.57. The van der Waals surface area contributed by atoms with Crippen LogP contribution in [-0.2, 0) is 22.3 Å². The van der Waals surface area contributed by atoms with Crippen LogP contribution >= 0.6 is 0 Å². The van der Waals surface area contributed by atoms with Crippen LogP contribution in [0.25, 0.3) is 11.4 Å². The van der Waals surface area contributed by atoms with Gasteiger partial charge in [0.2, 0.25) is 11.7 Å². The van der Waals surface area contributed by atoms with Crippen molar-refractivity contribution in [2.45, 2.75) is 26.6 Å². The lowest BCUT2D eigenvalue weighted by atomic mass is 10.1. The Bertz CT molecular complexity index is 938. The van der Waals surface area contributed by atoms with Gasteiger partial charge in [0.15, 0.2) is 0 Å². The number of rotatable bonds is 5. The highest BCUT2D eigenvalue weighted by molar-refractivity contribution is 6.44. The molecule has 2 aromatic rings. The van der Waals surface area contributed by atoms with Gasteiger partial charge in [0.05, 0.1) is 5.56 Å². The molecule has 1 saturated heterocycles. The van der Waals surface area contributed by atoms with Gasteiger partial charge in [-0.25, -0.2) is 9.69 Å². The molecule has 0 unspecified atom stereocenters. The molecule has 0 radical (unpaired) electrons. The molecule has 0 atom stereocenters. The molecular weight excluding hydrogens is 381 g/mol. The van der Waals surface area contributed by atoms with Crippen molar-refractivity contribution in [2.24, 2.45) is 5.92 Å². The number of imide groups is 2. The van der Waals surface area contributed by atoms with Gasteiger partial charge >= 0.3 is 24.0 Å². The quantitative estimate of drug-likeness (QED) is 0.570. The number of benzene rings is 1. The highest BCUT2D eigenvalue weighted by Crippen LogP contribution is 2.31. The molecule has 148 valence electrons. The number of hydrogen-bond acceptors (Lipinski definition) is 6. The van der Waals surface area contributed by atoms with Gasteiger partial charge in [0, 0.05) is 12.1 Å². The summed E-state index contributed by atoms with van der Waals surface area (Å²) in [6.45, 7) is 3.20. The average Bonchev–Trinajstić information content (AvgIpc) is 3.16. The Morgan fingerprint density at radius 3 is 2.43 bits per heavy atom. The highest BCUT2D eigenvalue weighted by Gasteiger charge is 2.45. The Morgan fingerprint density at radius 1 is 1.11 bits per heavy atom. The van der Waals surface area contributed by atoms with Crippen molar-refractivity contribution < 1.29 is 32.1 Å². The number of halogens is 3. The van der Waals surface area contributed by atoms with Gasteiger partial charge in [-0.15, -0.1) is 0 Å². The minimum Gasteiger partial charge on any atom is -0.337 e. The highest BCUT2D eigenvalue weighted by atomic mass is 19.4. The number of nitrogens with zero attached hydrogens (tertiary/aromatic N) is 4. The summed E-state index contributed by atoms with van der Waals surface area (Å²) in [7, 11) is 0. The number of carbonyl (C=O) groups excluding carboxylic acids is 3. The number of hydrogen-bond donors (Lipinski definition) is 0. The Balaban J connectivity index is 1.79. The number of carbonyl (C=O) groups is 3. The van der Waals surface area contributed by atoms with Crippen molar-refractivity contribution in [1.29, 1.82) is 0 Å². The molecule has 8 nitrogen and oxygen atoms in total. The zero-order chi connectivity index (χ0) is 20.6. The predicted octanol–water partition coefficient (Wildman–Crippen LogP) is 2.70. The molecule has 0 N–H and O–H groups in total. The van der Waals surface area contributed by atoms with Crippen LogP contribution in [0.1, 0.15) is 25.3 Å². The standard InChI is InChI=1S/C17H15F3N4O4/c1-9(2)7-23-14(25)15(26)24(16(23)27)8-12-21-13(22-28-12)10-4-3-5-11(6-10)17(18,19)20/h3-6,9H,7-8H2,1-2H3. The van der Waals surface area contributed by atoms with Gasteiger partial charge in [-0.05, 0) is 18.1 Å². The van der Waals surface area contributed by atoms with Crippen LogP contribution in [0.3, 0.4) is 0 Å². The van der Waals surface area contributed by atoms with E-state index in [1.54, 1.807) is 13.8 Å². The average molecular weight is 396 g/mol. The zero-order valence-corrected chi connectivity index (χ0v) is 14.9. The molecule has 4 amide bonds. The smallest absolute Gasteiger partial charge is 0.337 e. The lowest BCUT2D eigenvalue weighted by Gasteiger charge is -2.15. The molecule has 1 aliphatic rings. The van der Waals surface area contributed by atoms with Crippen molar-refractivity contribution >= 4 is 17.8 Å². The minimum atomic E-state index is -4.53. The fraction of sp³-hybridized carbons (Fsp3) is 0.353. The summed E-state index contributed by atoms with van der Waals surface area (Å²) in [5.74, 6) is -2.32. The van der Waals surface area contributed by atoms with E-state index in [1.807, 2.05) is 0 Å². The lowest BCUT2D eigenvalue weighted by Crippen LogP contribution is -2.35. The molecule has 1 aliphatic heterocycles. The van der Waals surface area contributed by atoms with E-state index in [9.17, 15) is 27.6 Å². The third-order valence-electron chi connectivity index (χ3n) is 3.89. The van der Waals surface area contributed by atoms with Crippen LogP contribution in [0.4, 0.5) is 18.0 Å². The normalized spacial score (nSPS) is 15.3. The van der Waals surface area contributed by atoms with E-state index < -0.39 is 36.1 Å². The summed E-state index contributed by atoms with van der Waals surface area (Å²) in [5, 5.41) is 3.59. The number of amides is 4. The molecule has 1 aromatic carbocycles. The Hall–Kier alpha value is -3.24. The summed E-state index contributed by atoms with van der Waals surface area (Å²) in [5.41, 5.74) is -0.822. The molecule has 0 spiro atoms. The molecule has 1 fully saturated rings. The molecule has 0 bridgehead atoms. The molecule has 3 rings (SSSR count). The second kappa shape index (κ2) is 7.06. The molecule has 1 aromatic heterocycles. The molecular formula is C17H15F3N4O4. The van der Waals surface area contributed by atoms with E-state index in [2.05, 4.69) is 10.1 Å². The third-order valence-corrected chi connectivity index (χ3v) is 3.89. The number of urea groups is 1. The van der Waals surface area contributed by atoms with Crippen molar-refractivity contribution in [3.8, 4) is 11.4 Å². The monoisotopic (exact) mass is 396 g/mol. The van der Waals surface area contributed by atoms with E-state index in [-0.39, 0.29) is 29.7 Å². The molecule has 2 heterocycles. The first-order chi connectivity index (χ1) is 13.1. The summed E-state index contributed by atoms with van der Waals surface area (Å²) in [6.07, 6.45) is -4.53. The fourth-order valence-corrected chi connectivity index (χ4v) is 2.62. The van der Waals surface area contributed by atoms with E-state index in [0.717, 1.165) is 17.0 Å². The number of aromatic nitrogens is 2. The van der Waals surface area contributed by atoms with Crippen LogP contribution in [-0.4, -0.2) is 44.3 Å². The van der Waals surface area contributed by atoms with Crippen LogP contribution in [0.5, 0.6) is 0 Å². The van der Waals surface area contributed by atoms with Gasteiger partial charge < -0.3 is 4.52 Å². The summed E-state index contributed by atoms with van der Waals surface area (Å²) < 4.78 is 43.4. The topological polar surface area (TPSA) is 96.6 Å². The Kier molecular flexibility index (Phi) is 4.92. The third kappa shape index (κ3) is 3.73. The Labute approximate surface area is 156 Å².